The molecular weight excluding hydrogens is 625 g/mol. The van der Waals surface area contributed by atoms with Crippen LogP contribution in [0.3, 0.4) is 0 Å². The van der Waals surface area contributed by atoms with Gasteiger partial charge >= 0.3 is 0 Å². The average Bonchev–Trinajstić information content (AvgIpc) is 3.52. The van der Waals surface area contributed by atoms with E-state index in [2.05, 4.69) is 108 Å². The minimum atomic E-state index is -3.11. The van der Waals surface area contributed by atoms with E-state index in [-0.39, 0.29) is 0 Å². The molecule has 8 rings (SSSR count). The van der Waals surface area contributed by atoms with Crippen LogP contribution in [-0.4, -0.2) is 12.6 Å². The minimum absolute atomic E-state index is 0.486. The summed E-state index contributed by atoms with van der Waals surface area (Å²) in [5.74, 6) is 0. The highest BCUT2D eigenvalue weighted by atomic mass is 28.3. The van der Waals surface area contributed by atoms with Crippen molar-refractivity contribution >= 4 is 50.6 Å². The fraction of sp³-hybridized carbons (Fsp3) is 0. The lowest BCUT2D eigenvalue weighted by atomic mass is 9.96. The van der Waals surface area contributed by atoms with Gasteiger partial charge in [-0.3, -0.25) is 0 Å². The first-order valence-corrected chi connectivity index (χ1v) is 18.4. The van der Waals surface area contributed by atoms with Gasteiger partial charge in [0, 0.05) is 21.9 Å². The molecule has 0 unspecified atom stereocenters. The fourth-order valence-electron chi connectivity index (χ4n) is 7.64. The molecule has 0 aliphatic rings. The number of nitriles is 3. The van der Waals surface area contributed by atoms with Crippen molar-refractivity contribution in [3.63, 3.8) is 0 Å². The molecular formula is C45H28N4Si. The summed E-state index contributed by atoms with van der Waals surface area (Å²) in [6.45, 7) is 0. The first-order chi connectivity index (χ1) is 24.7. The average molecular weight is 653 g/mol. The zero-order valence-electron chi connectivity index (χ0n) is 27.0. The summed E-state index contributed by atoms with van der Waals surface area (Å²) < 4.78 is 2.13. The monoisotopic (exact) mass is 652 g/mol. The third-order valence-electron chi connectivity index (χ3n) is 9.66. The SMILES string of the molecule is N#Cc1ccc2c(c1)c1ccccc1n2-c1c(C#N)cccc1-c1c(C#N)cccc1[Si](c1ccccc1)(c1ccccc1)c1ccccc1. The molecule has 0 N–H and O–H groups in total. The number of hydrogen-bond acceptors (Lipinski definition) is 3. The Labute approximate surface area is 291 Å². The van der Waals surface area contributed by atoms with Crippen molar-refractivity contribution in [2.75, 3.05) is 0 Å². The van der Waals surface area contributed by atoms with E-state index in [1.165, 1.54) is 15.6 Å². The highest BCUT2D eigenvalue weighted by molar-refractivity contribution is 7.20. The number of nitrogens with zero attached hydrogens (tertiary/aromatic N) is 4. The van der Waals surface area contributed by atoms with Crippen molar-refractivity contribution in [2.24, 2.45) is 0 Å². The Balaban J connectivity index is 1.57. The fourth-order valence-corrected chi connectivity index (χ4v) is 12.6. The maximum atomic E-state index is 10.9. The van der Waals surface area contributed by atoms with E-state index >= 15 is 0 Å². The molecule has 0 saturated carbocycles. The molecule has 0 aliphatic heterocycles. The van der Waals surface area contributed by atoms with Crippen LogP contribution in [0.1, 0.15) is 16.7 Å². The Kier molecular flexibility index (Phi) is 7.63. The predicted molar refractivity (Wildman–Crippen MR) is 204 cm³/mol. The molecule has 5 heteroatoms. The summed E-state index contributed by atoms with van der Waals surface area (Å²) in [5.41, 5.74) is 5.68. The molecule has 0 saturated heterocycles. The summed E-state index contributed by atoms with van der Waals surface area (Å²) in [6, 6.07) is 64.9. The maximum absolute atomic E-state index is 10.9. The molecule has 8 aromatic rings. The molecule has 1 aromatic heterocycles. The number of rotatable bonds is 6. The van der Waals surface area contributed by atoms with Gasteiger partial charge in [-0.05, 0) is 57.1 Å². The summed E-state index contributed by atoms with van der Waals surface area (Å²) >= 11 is 0. The van der Waals surface area contributed by atoms with E-state index in [0.717, 1.165) is 38.1 Å². The number of aromatic nitrogens is 1. The molecule has 232 valence electrons. The number of hydrogen-bond donors (Lipinski definition) is 0. The Hall–Kier alpha value is -6.97. The standard InChI is InChI=1S/C45H28N4Si/c46-29-32-26-27-42-40(28-32)38-22-10-11-24-41(38)49(42)45-34(31-48)15-12-23-39(45)44-33(30-47)14-13-25-43(44)50(35-16-4-1-5-17-35,36-18-6-2-7-19-36)37-20-8-3-9-21-37/h1-28H. The van der Waals surface area contributed by atoms with Crippen LogP contribution in [0.25, 0.3) is 38.6 Å². The highest BCUT2D eigenvalue weighted by Gasteiger charge is 2.44. The lowest BCUT2D eigenvalue weighted by molar-refractivity contribution is 1.17. The molecule has 1 heterocycles. The van der Waals surface area contributed by atoms with Crippen LogP contribution in [0.2, 0.25) is 0 Å². The van der Waals surface area contributed by atoms with Gasteiger partial charge in [-0.25, -0.2) is 0 Å². The van der Waals surface area contributed by atoms with E-state index in [1.54, 1.807) is 0 Å². The second kappa shape index (κ2) is 12.6. The van der Waals surface area contributed by atoms with E-state index in [9.17, 15) is 15.8 Å². The minimum Gasteiger partial charge on any atom is -0.307 e. The number of benzene rings is 7. The second-order valence-corrected chi connectivity index (χ2v) is 16.0. The van der Waals surface area contributed by atoms with Crippen LogP contribution in [-0.2, 0) is 0 Å². The van der Waals surface area contributed by atoms with Crippen molar-refractivity contribution in [2.45, 2.75) is 0 Å². The van der Waals surface area contributed by atoms with Gasteiger partial charge in [-0.15, -0.1) is 0 Å². The van der Waals surface area contributed by atoms with Gasteiger partial charge in [0.05, 0.1) is 45.5 Å². The van der Waals surface area contributed by atoms with Gasteiger partial charge in [0.15, 0.2) is 8.07 Å². The molecule has 0 amide bonds. The molecule has 7 aromatic carbocycles. The maximum Gasteiger partial charge on any atom is 0.180 e. The van der Waals surface area contributed by atoms with Gasteiger partial charge in [-0.1, -0.05) is 133 Å². The van der Waals surface area contributed by atoms with Crippen LogP contribution >= 0.6 is 0 Å². The molecule has 0 aliphatic carbocycles. The van der Waals surface area contributed by atoms with Crippen molar-refractivity contribution in [1.82, 2.24) is 4.57 Å². The third-order valence-corrected chi connectivity index (χ3v) is 14.5. The first-order valence-electron chi connectivity index (χ1n) is 16.4. The molecule has 0 radical (unpaired) electrons. The van der Waals surface area contributed by atoms with Crippen molar-refractivity contribution in [3.05, 3.63) is 187 Å². The van der Waals surface area contributed by atoms with E-state index in [1.807, 2.05) is 84.9 Å². The summed E-state index contributed by atoms with van der Waals surface area (Å²) in [7, 11) is -3.11. The zero-order chi connectivity index (χ0) is 34.1. The van der Waals surface area contributed by atoms with Gasteiger partial charge in [0.2, 0.25) is 0 Å². The third kappa shape index (κ3) is 4.64. The Morgan fingerprint density at radius 1 is 0.440 bits per heavy atom. The highest BCUT2D eigenvalue weighted by Crippen LogP contribution is 2.39. The molecule has 0 bridgehead atoms. The Morgan fingerprint density at radius 3 is 1.58 bits per heavy atom. The van der Waals surface area contributed by atoms with Crippen LogP contribution in [0.5, 0.6) is 0 Å². The predicted octanol–water partition coefficient (Wildman–Crippen LogP) is 7.44. The lowest BCUT2D eigenvalue weighted by Crippen LogP contribution is -2.75. The zero-order valence-corrected chi connectivity index (χ0v) is 28.0. The van der Waals surface area contributed by atoms with Crippen LogP contribution in [0, 0.1) is 34.0 Å². The smallest absolute Gasteiger partial charge is 0.180 e. The normalized spacial score (nSPS) is 11.1. The first kappa shape index (κ1) is 30.4. The van der Waals surface area contributed by atoms with Crippen LogP contribution in [0.15, 0.2) is 170 Å². The number of para-hydroxylation sites is 2. The van der Waals surface area contributed by atoms with Crippen molar-refractivity contribution in [3.8, 4) is 35.0 Å². The van der Waals surface area contributed by atoms with Gasteiger partial charge < -0.3 is 4.57 Å². The molecule has 0 atom stereocenters. The second-order valence-electron chi connectivity index (χ2n) is 12.2. The van der Waals surface area contributed by atoms with Crippen LogP contribution < -0.4 is 20.7 Å². The van der Waals surface area contributed by atoms with E-state index < -0.39 is 8.07 Å². The van der Waals surface area contributed by atoms with Gasteiger partial charge in [0.1, 0.15) is 6.07 Å². The molecule has 0 fully saturated rings. The molecule has 50 heavy (non-hydrogen) atoms. The van der Waals surface area contributed by atoms with Crippen LogP contribution in [0.4, 0.5) is 0 Å². The quantitative estimate of drug-likeness (QED) is 0.138. The van der Waals surface area contributed by atoms with Crippen molar-refractivity contribution in [1.29, 1.82) is 15.8 Å². The Morgan fingerprint density at radius 2 is 0.980 bits per heavy atom. The molecule has 0 spiro atoms. The number of fused-ring (bicyclic) bond motifs is 3. The topological polar surface area (TPSA) is 76.3 Å². The summed E-state index contributed by atoms with van der Waals surface area (Å²) in [6.07, 6.45) is 0. The van der Waals surface area contributed by atoms with Crippen molar-refractivity contribution < 1.29 is 0 Å². The molecule has 4 nitrogen and oxygen atoms in total. The van der Waals surface area contributed by atoms with Gasteiger partial charge in [0.25, 0.3) is 0 Å². The Bertz CT molecular complexity index is 2580. The largest absolute Gasteiger partial charge is 0.307 e. The summed E-state index contributed by atoms with van der Waals surface area (Å²) in [4.78, 5) is 0. The van der Waals surface area contributed by atoms with E-state index in [4.69, 9.17) is 0 Å². The van der Waals surface area contributed by atoms with Gasteiger partial charge in [-0.2, -0.15) is 15.8 Å². The lowest BCUT2D eigenvalue weighted by Gasteiger charge is -2.36. The van der Waals surface area contributed by atoms with E-state index in [0.29, 0.717) is 22.4 Å². The summed E-state index contributed by atoms with van der Waals surface area (Å²) in [5, 5.41) is 38.0.